The van der Waals surface area contributed by atoms with E-state index in [2.05, 4.69) is 5.32 Å². The van der Waals surface area contributed by atoms with Crippen LogP contribution in [-0.2, 0) is 22.4 Å². The molecule has 2 rings (SSSR count). The molecule has 2 N–H and O–H groups in total. The van der Waals surface area contributed by atoms with Gasteiger partial charge in [0, 0.05) is 12.5 Å². The lowest BCUT2D eigenvalue weighted by atomic mass is 10.0. The summed E-state index contributed by atoms with van der Waals surface area (Å²) >= 11 is 0. The maximum atomic E-state index is 12.4. The second-order valence-electron chi connectivity index (χ2n) is 6.37. The van der Waals surface area contributed by atoms with Gasteiger partial charge in [0.1, 0.15) is 5.75 Å². The lowest BCUT2D eigenvalue weighted by molar-refractivity contribution is -0.137. The van der Waals surface area contributed by atoms with E-state index < -0.39 is 5.97 Å². The monoisotopic (exact) mass is 355 g/mol. The first-order valence-corrected chi connectivity index (χ1v) is 8.66. The maximum absolute atomic E-state index is 12.4. The Bertz CT molecular complexity index is 743. The smallest absolute Gasteiger partial charge is 0.303 e. The molecule has 0 fully saturated rings. The molecule has 0 spiro atoms. The van der Waals surface area contributed by atoms with Crippen molar-refractivity contribution in [2.75, 3.05) is 7.11 Å². The summed E-state index contributed by atoms with van der Waals surface area (Å²) in [5, 5.41) is 11.9. The van der Waals surface area contributed by atoms with Crippen molar-refractivity contribution >= 4 is 11.9 Å². The van der Waals surface area contributed by atoms with Crippen LogP contribution in [0.2, 0.25) is 0 Å². The largest absolute Gasteiger partial charge is 0.496 e. The molecule has 5 heteroatoms. The molecule has 0 aliphatic rings. The number of hydrogen-bond acceptors (Lipinski definition) is 3. The number of nitrogens with one attached hydrogen (secondary N) is 1. The van der Waals surface area contributed by atoms with Crippen molar-refractivity contribution in [3.05, 3.63) is 65.2 Å². The quantitative estimate of drug-likeness (QED) is 0.725. The number of carboxylic acids is 1. The number of aryl methyl sites for hydroxylation is 1. The van der Waals surface area contributed by atoms with Gasteiger partial charge in [0.25, 0.3) is 0 Å². The topological polar surface area (TPSA) is 75.6 Å². The van der Waals surface area contributed by atoms with Crippen LogP contribution in [0.1, 0.15) is 29.5 Å². The zero-order valence-corrected chi connectivity index (χ0v) is 15.2. The highest BCUT2D eigenvalue weighted by Gasteiger charge is 2.15. The van der Waals surface area contributed by atoms with Gasteiger partial charge in [-0.05, 0) is 42.5 Å². The predicted molar refractivity (Wildman–Crippen MR) is 100 cm³/mol. The molecule has 5 nitrogen and oxygen atoms in total. The van der Waals surface area contributed by atoms with Gasteiger partial charge in [-0.15, -0.1) is 0 Å². The van der Waals surface area contributed by atoms with E-state index >= 15 is 0 Å². The molecule has 0 saturated carbocycles. The number of ether oxygens (including phenoxy) is 1. The summed E-state index contributed by atoms with van der Waals surface area (Å²) in [4.78, 5) is 23.4. The molecule has 0 radical (unpaired) electrons. The maximum Gasteiger partial charge on any atom is 0.303 e. The van der Waals surface area contributed by atoms with Crippen LogP contribution in [0.25, 0.3) is 0 Å². The molecule has 1 unspecified atom stereocenters. The number of rotatable bonds is 9. The van der Waals surface area contributed by atoms with E-state index in [0.717, 1.165) is 22.4 Å². The minimum absolute atomic E-state index is 0.0239. The predicted octanol–water partition coefficient (Wildman–Crippen LogP) is 3.14. The number of amides is 1. The third kappa shape index (κ3) is 6.24. The van der Waals surface area contributed by atoms with E-state index in [-0.39, 0.29) is 24.8 Å². The van der Waals surface area contributed by atoms with Gasteiger partial charge in [0.05, 0.1) is 13.5 Å². The van der Waals surface area contributed by atoms with Crippen molar-refractivity contribution in [2.24, 2.45) is 0 Å². The van der Waals surface area contributed by atoms with Crippen molar-refractivity contribution < 1.29 is 19.4 Å². The van der Waals surface area contributed by atoms with Crippen LogP contribution in [0, 0.1) is 6.92 Å². The lowest BCUT2D eigenvalue weighted by Crippen LogP contribution is -2.37. The van der Waals surface area contributed by atoms with Gasteiger partial charge < -0.3 is 15.2 Å². The Kier molecular flexibility index (Phi) is 7.21. The molecule has 0 saturated heterocycles. The summed E-state index contributed by atoms with van der Waals surface area (Å²) in [5.41, 5.74) is 2.95. The third-order valence-electron chi connectivity index (χ3n) is 4.23. The van der Waals surface area contributed by atoms with Crippen molar-refractivity contribution in [3.63, 3.8) is 0 Å². The summed E-state index contributed by atoms with van der Waals surface area (Å²) < 4.78 is 5.30. The van der Waals surface area contributed by atoms with Crippen LogP contribution < -0.4 is 10.1 Å². The molecule has 138 valence electrons. The van der Waals surface area contributed by atoms with Crippen molar-refractivity contribution in [1.29, 1.82) is 0 Å². The molecule has 0 aliphatic heterocycles. The summed E-state index contributed by atoms with van der Waals surface area (Å²) in [5.74, 6) is -0.232. The molecule has 2 aromatic rings. The van der Waals surface area contributed by atoms with Crippen LogP contribution >= 0.6 is 0 Å². The molecular formula is C21H25NO4. The Balaban J connectivity index is 2.01. The highest BCUT2D eigenvalue weighted by molar-refractivity contribution is 5.79. The zero-order valence-electron chi connectivity index (χ0n) is 15.2. The molecule has 0 aromatic heterocycles. The lowest BCUT2D eigenvalue weighted by Gasteiger charge is -2.18. The minimum Gasteiger partial charge on any atom is -0.496 e. The number of carbonyl (C=O) groups excluding carboxylic acids is 1. The van der Waals surface area contributed by atoms with Crippen LogP contribution in [0.3, 0.4) is 0 Å². The third-order valence-corrected chi connectivity index (χ3v) is 4.23. The Hall–Kier alpha value is -2.82. The first-order chi connectivity index (χ1) is 12.5. The first kappa shape index (κ1) is 19.5. The van der Waals surface area contributed by atoms with E-state index in [1.165, 1.54) is 0 Å². The van der Waals surface area contributed by atoms with E-state index in [1.807, 2.05) is 55.5 Å². The molecule has 2 aromatic carbocycles. The Morgan fingerprint density at radius 2 is 1.85 bits per heavy atom. The van der Waals surface area contributed by atoms with Gasteiger partial charge in [-0.3, -0.25) is 9.59 Å². The van der Waals surface area contributed by atoms with Crippen LogP contribution in [0.4, 0.5) is 0 Å². The number of methoxy groups -OCH3 is 1. The normalized spacial score (nSPS) is 11.6. The number of aliphatic carboxylic acids is 1. The molecule has 26 heavy (non-hydrogen) atoms. The average Bonchev–Trinajstić information content (AvgIpc) is 2.62. The van der Waals surface area contributed by atoms with Gasteiger partial charge >= 0.3 is 5.97 Å². The average molecular weight is 355 g/mol. The first-order valence-electron chi connectivity index (χ1n) is 8.66. The molecule has 0 bridgehead atoms. The van der Waals surface area contributed by atoms with Crippen LogP contribution in [0.5, 0.6) is 5.75 Å². The molecule has 0 aliphatic carbocycles. The number of benzene rings is 2. The Morgan fingerprint density at radius 3 is 2.50 bits per heavy atom. The van der Waals surface area contributed by atoms with Crippen molar-refractivity contribution in [3.8, 4) is 5.75 Å². The van der Waals surface area contributed by atoms with Crippen LogP contribution in [-0.4, -0.2) is 30.1 Å². The molecular weight excluding hydrogens is 330 g/mol. The van der Waals surface area contributed by atoms with E-state index in [0.29, 0.717) is 12.8 Å². The summed E-state index contributed by atoms with van der Waals surface area (Å²) in [6.45, 7) is 1.95. The number of carbonyl (C=O) groups is 2. The SMILES string of the molecule is COc1cc(CC(=O)NC(CCC(=O)O)Cc2ccccc2)ccc1C. The Morgan fingerprint density at radius 1 is 1.12 bits per heavy atom. The summed E-state index contributed by atoms with van der Waals surface area (Å²) in [6, 6.07) is 15.2. The number of hydrogen-bond donors (Lipinski definition) is 2. The molecule has 0 heterocycles. The zero-order chi connectivity index (χ0) is 18.9. The van der Waals surface area contributed by atoms with Gasteiger partial charge in [-0.2, -0.15) is 0 Å². The van der Waals surface area contributed by atoms with Gasteiger partial charge in [-0.1, -0.05) is 42.5 Å². The van der Waals surface area contributed by atoms with E-state index in [1.54, 1.807) is 7.11 Å². The Labute approximate surface area is 154 Å². The second-order valence-corrected chi connectivity index (χ2v) is 6.37. The van der Waals surface area contributed by atoms with Gasteiger partial charge in [0.2, 0.25) is 5.91 Å². The fourth-order valence-corrected chi connectivity index (χ4v) is 2.86. The molecule has 1 amide bonds. The molecule has 1 atom stereocenters. The second kappa shape index (κ2) is 9.61. The fourth-order valence-electron chi connectivity index (χ4n) is 2.86. The van der Waals surface area contributed by atoms with Crippen molar-refractivity contribution in [1.82, 2.24) is 5.32 Å². The highest BCUT2D eigenvalue weighted by atomic mass is 16.5. The number of carboxylic acid groups (broad SMARTS) is 1. The standard InChI is InChI=1S/C21H25NO4/c1-15-8-9-17(13-19(15)26-2)14-20(23)22-18(10-11-21(24)25)12-16-6-4-3-5-7-16/h3-9,13,18H,10-12,14H2,1-2H3,(H,22,23)(H,24,25). The van der Waals surface area contributed by atoms with Crippen molar-refractivity contribution in [2.45, 2.75) is 38.6 Å². The van der Waals surface area contributed by atoms with E-state index in [4.69, 9.17) is 9.84 Å². The summed E-state index contributed by atoms with van der Waals surface area (Å²) in [7, 11) is 1.61. The minimum atomic E-state index is -0.861. The summed E-state index contributed by atoms with van der Waals surface area (Å²) in [6.07, 6.45) is 1.26. The van der Waals surface area contributed by atoms with Crippen LogP contribution in [0.15, 0.2) is 48.5 Å². The fraction of sp³-hybridized carbons (Fsp3) is 0.333. The highest BCUT2D eigenvalue weighted by Crippen LogP contribution is 2.19. The van der Waals surface area contributed by atoms with Gasteiger partial charge in [-0.25, -0.2) is 0 Å². The van der Waals surface area contributed by atoms with Gasteiger partial charge in [0.15, 0.2) is 0 Å². The van der Waals surface area contributed by atoms with E-state index in [9.17, 15) is 9.59 Å².